The minimum absolute atomic E-state index is 0.0937. The summed E-state index contributed by atoms with van der Waals surface area (Å²) < 4.78 is 0. The molecule has 1 saturated heterocycles. The Morgan fingerprint density at radius 3 is 2.96 bits per heavy atom. The molecule has 0 bridgehead atoms. The number of carbonyl (C=O) groups excluding carboxylic acids is 1. The molecule has 4 rings (SSSR count). The average molecular weight is 346 g/mol. The van der Waals surface area contributed by atoms with Crippen LogP contribution in [0.25, 0.3) is 10.9 Å². The molecule has 0 saturated carbocycles. The molecule has 2 aromatic heterocycles. The first-order valence-electron chi connectivity index (χ1n) is 9.03. The molecule has 26 heavy (non-hydrogen) atoms. The van der Waals surface area contributed by atoms with E-state index in [9.17, 15) is 4.79 Å². The fourth-order valence-corrected chi connectivity index (χ4v) is 3.73. The Labute approximate surface area is 153 Å². The second kappa shape index (κ2) is 7.12. The van der Waals surface area contributed by atoms with Crippen molar-refractivity contribution in [2.24, 2.45) is 0 Å². The summed E-state index contributed by atoms with van der Waals surface area (Å²) in [5.41, 5.74) is 2.84. The zero-order valence-corrected chi connectivity index (χ0v) is 14.9. The third-order valence-electron chi connectivity index (χ3n) is 5.10. The lowest BCUT2D eigenvalue weighted by Crippen LogP contribution is -2.39. The molecular weight excluding hydrogens is 324 g/mol. The predicted molar refractivity (Wildman–Crippen MR) is 103 cm³/mol. The number of hydrogen-bond donors (Lipinski definition) is 1. The third kappa shape index (κ3) is 3.12. The van der Waals surface area contributed by atoms with Crippen LogP contribution in [-0.2, 0) is 0 Å². The maximum absolute atomic E-state index is 13.2. The average Bonchev–Trinajstić information content (AvgIpc) is 2.73. The summed E-state index contributed by atoms with van der Waals surface area (Å²) in [7, 11) is 1.87. The van der Waals surface area contributed by atoms with Gasteiger partial charge in [0.25, 0.3) is 5.91 Å². The number of anilines is 1. The lowest BCUT2D eigenvalue weighted by molar-refractivity contribution is 0.0709. The molecule has 1 amide bonds. The van der Waals surface area contributed by atoms with Gasteiger partial charge in [0.05, 0.1) is 5.52 Å². The standard InChI is InChI=1S/C21H22N4O/c1-22-20-13-15(9-11-24-20)16-5-4-12-25(14-16)21(26)18-6-2-8-19-17(18)7-3-10-23-19/h2-3,6-11,13,16H,4-5,12,14H2,1H3,(H,22,24)/t16-/m0/s1. The zero-order chi connectivity index (χ0) is 17.9. The van der Waals surface area contributed by atoms with Gasteiger partial charge in [0.1, 0.15) is 5.82 Å². The first-order chi connectivity index (χ1) is 12.8. The van der Waals surface area contributed by atoms with Gasteiger partial charge >= 0.3 is 0 Å². The molecule has 0 spiro atoms. The quantitative estimate of drug-likeness (QED) is 0.786. The van der Waals surface area contributed by atoms with Crippen LogP contribution >= 0.6 is 0 Å². The Hall–Kier alpha value is -2.95. The number of nitrogens with one attached hydrogen (secondary N) is 1. The molecule has 1 fully saturated rings. The van der Waals surface area contributed by atoms with Gasteiger partial charge in [0.2, 0.25) is 0 Å². The van der Waals surface area contributed by atoms with Gasteiger partial charge in [-0.15, -0.1) is 0 Å². The Kier molecular flexibility index (Phi) is 4.52. The van der Waals surface area contributed by atoms with Crippen molar-refractivity contribution in [2.75, 3.05) is 25.5 Å². The third-order valence-corrected chi connectivity index (χ3v) is 5.10. The lowest BCUT2D eigenvalue weighted by atomic mass is 9.90. The van der Waals surface area contributed by atoms with Crippen LogP contribution in [0.1, 0.15) is 34.7 Å². The monoisotopic (exact) mass is 346 g/mol. The number of piperidine rings is 1. The number of amides is 1. The van der Waals surface area contributed by atoms with Crippen LogP contribution in [0.5, 0.6) is 0 Å². The van der Waals surface area contributed by atoms with E-state index in [2.05, 4.69) is 27.4 Å². The van der Waals surface area contributed by atoms with Crippen molar-refractivity contribution >= 4 is 22.6 Å². The van der Waals surface area contributed by atoms with Gasteiger partial charge in [-0.1, -0.05) is 12.1 Å². The van der Waals surface area contributed by atoms with Crippen LogP contribution in [0.15, 0.2) is 54.9 Å². The van der Waals surface area contributed by atoms with Crippen LogP contribution < -0.4 is 5.32 Å². The first kappa shape index (κ1) is 16.5. The maximum Gasteiger partial charge on any atom is 0.254 e. The van der Waals surface area contributed by atoms with E-state index in [0.717, 1.165) is 48.2 Å². The fourth-order valence-electron chi connectivity index (χ4n) is 3.73. The molecule has 0 aliphatic carbocycles. The van der Waals surface area contributed by atoms with Crippen molar-refractivity contribution in [1.29, 1.82) is 0 Å². The topological polar surface area (TPSA) is 58.1 Å². The molecule has 1 N–H and O–H groups in total. The molecule has 0 radical (unpaired) electrons. The molecular formula is C21H22N4O. The van der Waals surface area contributed by atoms with Crippen molar-refractivity contribution in [1.82, 2.24) is 14.9 Å². The minimum Gasteiger partial charge on any atom is -0.373 e. The number of fused-ring (bicyclic) bond motifs is 1. The summed E-state index contributed by atoms with van der Waals surface area (Å²) >= 11 is 0. The molecule has 5 heteroatoms. The Bertz CT molecular complexity index is 935. The SMILES string of the molecule is CNc1cc([C@H]2CCCN(C(=O)c3cccc4ncccc34)C2)ccn1. The molecule has 1 aromatic carbocycles. The maximum atomic E-state index is 13.2. The van der Waals surface area contributed by atoms with Gasteiger partial charge in [-0.05, 0) is 48.7 Å². The zero-order valence-electron chi connectivity index (χ0n) is 14.9. The van der Waals surface area contributed by atoms with Crippen LogP contribution in [0.2, 0.25) is 0 Å². The second-order valence-electron chi connectivity index (χ2n) is 6.69. The van der Waals surface area contributed by atoms with E-state index < -0.39 is 0 Å². The van der Waals surface area contributed by atoms with Crippen molar-refractivity contribution in [3.05, 3.63) is 66.0 Å². The molecule has 3 aromatic rings. The number of nitrogens with zero attached hydrogens (tertiary/aromatic N) is 3. The van der Waals surface area contributed by atoms with Crippen LogP contribution in [0, 0.1) is 0 Å². The molecule has 5 nitrogen and oxygen atoms in total. The van der Waals surface area contributed by atoms with Gasteiger partial charge in [0.15, 0.2) is 0 Å². The molecule has 1 aliphatic heterocycles. The predicted octanol–water partition coefficient (Wildman–Crippen LogP) is 3.69. The van der Waals surface area contributed by atoms with Crippen molar-refractivity contribution in [3.63, 3.8) is 0 Å². The van der Waals surface area contributed by atoms with E-state index in [0.29, 0.717) is 5.92 Å². The van der Waals surface area contributed by atoms with E-state index >= 15 is 0 Å². The van der Waals surface area contributed by atoms with Crippen LogP contribution in [0.3, 0.4) is 0 Å². The van der Waals surface area contributed by atoms with Gasteiger partial charge in [-0.2, -0.15) is 0 Å². The number of hydrogen-bond acceptors (Lipinski definition) is 4. The summed E-state index contributed by atoms with van der Waals surface area (Å²) in [4.78, 5) is 23.8. The first-order valence-corrected chi connectivity index (χ1v) is 9.03. The summed E-state index contributed by atoms with van der Waals surface area (Å²) in [6, 6.07) is 13.8. The summed E-state index contributed by atoms with van der Waals surface area (Å²) in [6.45, 7) is 1.54. The molecule has 1 atom stereocenters. The fraction of sp³-hybridized carbons (Fsp3) is 0.286. The number of carbonyl (C=O) groups is 1. The number of pyridine rings is 2. The summed E-state index contributed by atoms with van der Waals surface area (Å²) in [5, 5.41) is 4.01. The van der Waals surface area contributed by atoms with E-state index in [1.165, 1.54) is 5.56 Å². The minimum atomic E-state index is 0.0937. The largest absolute Gasteiger partial charge is 0.373 e. The molecule has 3 heterocycles. The smallest absolute Gasteiger partial charge is 0.254 e. The molecule has 0 unspecified atom stereocenters. The van der Waals surface area contributed by atoms with Gasteiger partial charge < -0.3 is 10.2 Å². The van der Waals surface area contributed by atoms with E-state index in [1.807, 2.05) is 48.5 Å². The van der Waals surface area contributed by atoms with Crippen molar-refractivity contribution in [2.45, 2.75) is 18.8 Å². The molecule has 1 aliphatic rings. The highest BCUT2D eigenvalue weighted by Crippen LogP contribution is 2.29. The number of aromatic nitrogens is 2. The number of likely N-dealkylation sites (tertiary alicyclic amines) is 1. The van der Waals surface area contributed by atoms with Crippen molar-refractivity contribution in [3.8, 4) is 0 Å². The highest BCUT2D eigenvalue weighted by Gasteiger charge is 2.26. The Morgan fingerprint density at radius 2 is 2.08 bits per heavy atom. The second-order valence-corrected chi connectivity index (χ2v) is 6.69. The van der Waals surface area contributed by atoms with Crippen LogP contribution in [-0.4, -0.2) is 40.9 Å². The van der Waals surface area contributed by atoms with Gasteiger partial charge in [-0.25, -0.2) is 4.98 Å². The van der Waals surface area contributed by atoms with E-state index in [-0.39, 0.29) is 5.91 Å². The summed E-state index contributed by atoms with van der Waals surface area (Å²) in [6.07, 6.45) is 5.69. The highest BCUT2D eigenvalue weighted by molar-refractivity contribution is 6.06. The Morgan fingerprint density at radius 1 is 1.15 bits per heavy atom. The summed E-state index contributed by atoms with van der Waals surface area (Å²) in [5.74, 6) is 1.30. The lowest BCUT2D eigenvalue weighted by Gasteiger charge is -2.33. The van der Waals surface area contributed by atoms with Gasteiger partial charge in [0, 0.05) is 49.4 Å². The van der Waals surface area contributed by atoms with E-state index in [4.69, 9.17) is 0 Å². The van der Waals surface area contributed by atoms with Crippen molar-refractivity contribution < 1.29 is 4.79 Å². The Balaban J connectivity index is 1.60. The normalized spacial score (nSPS) is 17.3. The van der Waals surface area contributed by atoms with Crippen LogP contribution in [0.4, 0.5) is 5.82 Å². The number of rotatable bonds is 3. The molecule has 132 valence electrons. The number of benzene rings is 1. The van der Waals surface area contributed by atoms with E-state index in [1.54, 1.807) is 6.20 Å². The highest BCUT2D eigenvalue weighted by atomic mass is 16.2. The van der Waals surface area contributed by atoms with Gasteiger partial charge in [-0.3, -0.25) is 9.78 Å².